The van der Waals surface area contributed by atoms with Crippen molar-refractivity contribution in [3.05, 3.63) is 168 Å². The maximum atomic E-state index is 5.89. The Kier molecular flexibility index (Phi) is 6.36. The van der Waals surface area contributed by atoms with Crippen molar-refractivity contribution in [1.82, 2.24) is 0 Å². The van der Waals surface area contributed by atoms with Crippen LogP contribution >= 0.6 is 0 Å². The van der Waals surface area contributed by atoms with Gasteiger partial charge in [0.05, 0.1) is 5.71 Å². The van der Waals surface area contributed by atoms with Gasteiger partial charge in [-0.3, -0.25) is 4.66 Å². The smallest absolute Gasteiger partial charge is 0.342 e. The standard InChI is InChI=1S/C35H30N2Si/c1-27-23-25-29(26-24-27)34-28(2)35(30-15-7-3-8-16-30)37(31-17-9-4-10-18-31)38(36-34,32-19-11-5-12-20-32)33-21-13-6-14-22-33/h3-26H,1-2H3. The summed E-state index contributed by atoms with van der Waals surface area (Å²) in [7, 11) is -2.99. The van der Waals surface area contributed by atoms with Crippen molar-refractivity contribution in [3.8, 4) is 0 Å². The number of nitrogens with zero attached hydrogens (tertiary/aromatic N) is 2. The van der Waals surface area contributed by atoms with Crippen LogP contribution in [0, 0.1) is 6.92 Å². The van der Waals surface area contributed by atoms with Gasteiger partial charge in [-0.1, -0.05) is 139 Å². The first-order valence-electron chi connectivity index (χ1n) is 13.1. The normalized spacial score (nSPS) is 14.8. The summed E-state index contributed by atoms with van der Waals surface area (Å²) in [6.07, 6.45) is 0. The van der Waals surface area contributed by atoms with E-state index >= 15 is 0 Å². The third-order valence-corrected chi connectivity index (χ3v) is 11.2. The summed E-state index contributed by atoms with van der Waals surface area (Å²) in [4.78, 5) is 0. The Labute approximate surface area is 226 Å². The summed E-state index contributed by atoms with van der Waals surface area (Å²) in [5.41, 5.74) is 8.19. The quantitative estimate of drug-likeness (QED) is 0.235. The highest BCUT2D eigenvalue weighted by Crippen LogP contribution is 2.39. The second-order valence-corrected chi connectivity index (χ2v) is 12.9. The Balaban J connectivity index is 1.78. The lowest BCUT2D eigenvalue weighted by Crippen LogP contribution is -2.70. The van der Waals surface area contributed by atoms with Gasteiger partial charge < -0.3 is 4.57 Å². The molecule has 5 aromatic rings. The molecule has 1 aliphatic rings. The molecule has 5 aromatic carbocycles. The largest absolute Gasteiger partial charge is 0.354 e. The van der Waals surface area contributed by atoms with Crippen LogP contribution in [0.15, 0.2) is 156 Å². The van der Waals surface area contributed by atoms with E-state index in [4.69, 9.17) is 4.66 Å². The first-order chi connectivity index (χ1) is 18.7. The van der Waals surface area contributed by atoms with Crippen molar-refractivity contribution < 1.29 is 0 Å². The summed E-state index contributed by atoms with van der Waals surface area (Å²) in [6, 6.07) is 52.2. The molecule has 0 spiro atoms. The summed E-state index contributed by atoms with van der Waals surface area (Å²) in [6.45, 7) is 4.36. The zero-order chi connectivity index (χ0) is 26.0. The zero-order valence-corrected chi connectivity index (χ0v) is 22.8. The summed E-state index contributed by atoms with van der Waals surface area (Å²) in [5, 5.41) is 2.50. The second-order valence-electron chi connectivity index (χ2n) is 9.74. The highest BCUT2D eigenvalue weighted by molar-refractivity contribution is 7.05. The molecule has 0 saturated heterocycles. The van der Waals surface area contributed by atoms with Gasteiger partial charge in [-0.05, 0) is 53.1 Å². The predicted molar refractivity (Wildman–Crippen MR) is 164 cm³/mol. The molecule has 0 amide bonds. The van der Waals surface area contributed by atoms with Gasteiger partial charge in [-0.25, -0.2) is 0 Å². The van der Waals surface area contributed by atoms with E-state index in [1.165, 1.54) is 32.8 Å². The highest BCUT2D eigenvalue weighted by Gasteiger charge is 2.50. The van der Waals surface area contributed by atoms with Crippen LogP contribution in [0.5, 0.6) is 0 Å². The molecule has 0 fully saturated rings. The molecule has 38 heavy (non-hydrogen) atoms. The molecule has 6 rings (SSSR count). The minimum absolute atomic E-state index is 1.07. The summed E-state index contributed by atoms with van der Waals surface area (Å²) < 4.78 is 8.46. The maximum absolute atomic E-state index is 5.89. The lowest BCUT2D eigenvalue weighted by Gasteiger charge is -2.46. The Bertz CT molecular complexity index is 1550. The van der Waals surface area contributed by atoms with E-state index in [0.29, 0.717) is 0 Å². The molecular formula is C35H30N2Si. The molecule has 1 aliphatic heterocycles. The number of hydrogen-bond acceptors (Lipinski definition) is 2. The fraction of sp³-hybridized carbons (Fsp3) is 0.0571. The van der Waals surface area contributed by atoms with Crippen molar-refractivity contribution >= 4 is 35.9 Å². The molecule has 0 aliphatic carbocycles. The Morgan fingerprint density at radius 1 is 0.500 bits per heavy atom. The molecule has 1 heterocycles. The number of rotatable bonds is 5. The minimum Gasteiger partial charge on any atom is -0.342 e. The molecule has 0 saturated carbocycles. The van der Waals surface area contributed by atoms with E-state index in [1.54, 1.807) is 0 Å². The van der Waals surface area contributed by atoms with Crippen molar-refractivity contribution in [3.63, 3.8) is 0 Å². The van der Waals surface area contributed by atoms with E-state index < -0.39 is 8.40 Å². The van der Waals surface area contributed by atoms with E-state index in [-0.39, 0.29) is 0 Å². The summed E-state index contributed by atoms with van der Waals surface area (Å²) in [5.74, 6) is 0. The SMILES string of the molecule is CC1=C(c2ccccc2)N(c2ccccc2)[Si](c2ccccc2)(c2ccccc2)N=C1c1ccc(C)cc1. The van der Waals surface area contributed by atoms with Crippen molar-refractivity contribution in [2.24, 2.45) is 4.66 Å². The fourth-order valence-electron chi connectivity index (χ4n) is 5.46. The van der Waals surface area contributed by atoms with Crippen molar-refractivity contribution in [2.45, 2.75) is 13.8 Å². The average Bonchev–Trinajstić information content (AvgIpc) is 2.99. The fourth-order valence-corrected chi connectivity index (χ4v) is 9.75. The molecule has 0 radical (unpaired) electrons. The van der Waals surface area contributed by atoms with Gasteiger partial charge in [0, 0.05) is 11.4 Å². The Morgan fingerprint density at radius 3 is 1.50 bits per heavy atom. The lowest BCUT2D eigenvalue weighted by molar-refractivity contribution is 1.27. The Morgan fingerprint density at radius 2 is 0.974 bits per heavy atom. The maximum Gasteiger partial charge on any atom is 0.354 e. The van der Waals surface area contributed by atoms with Crippen LogP contribution in [0.3, 0.4) is 0 Å². The van der Waals surface area contributed by atoms with E-state index in [9.17, 15) is 0 Å². The van der Waals surface area contributed by atoms with E-state index in [0.717, 1.165) is 17.0 Å². The van der Waals surface area contributed by atoms with Gasteiger partial charge in [0.2, 0.25) is 0 Å². The number of benzene rings is 5. The zero-order valence-electron chi connectivity index (χ0n) is 21.8. The van der Waals surface area contributed by atoms with Crippen LogP contribution in [-0.4, -0.2) is 14.1 Å². The molecule has 0 aromatic heterocycles. The predicted octanol–water partition coefficient (Wildman–Crippen LogP) is 6.99. The van der Waals surface area contributed by atoms with Gasteiger partial charge in [-0.15, -0.1) is 0 Å². The van der Waals surface area contributed by atoms with Crippen LogP contribution in [0.25, 0.3) is 5.70 Å². The molecule has 0 N–H and O–H groups in total. The number of allylic oxidation sites excluding steroid dienone is 1. The van der Waals surface area contributed by atoms with Gasteiger partial charge in [0.25, 0.3) is 0 Å². The second kappa shape index (κ2) is 10.1. The van der Waals surface area contributed by atoms with Crippen LogP contribution in [0.4, 0.5) is 5.69 Å². The van der Waals surface area contributed by atoms with Gasteiger partial charge in [0.1, 0.15) is 0 Å². The first kappa shape index (κ1) is 23.9. The number of para-hydroxylation sites is 1. The third-order valence-electron chi connectivity index (χ3n) is 7.27. The molecular weight excluding hydrogens is 476 g/mol. The first-order valence-corrected chi connectivity index (χ1v) is 15.0. The van der Waals surface area contributed by atoms with E-state index in [1.807, 2.05) is 0 Å². The molecule has 0 unspecified atom stereocenters. The molecule has 3 heteroatoms. The third kappa shape index (κ3) is 4.11. The average molecular weight is 507 g/mol. The van der Waals surface area contributed by atoms with E-state index in [2.05, 4.69) is 164 Å². The van der Waals surface area contributed by atoms with Crippen LogP contribution in [-0.2, 0) is 0 Å². The number of hydrogen-bond donors (Lipinski definition) is 0. The molecule has 0 atom stereocenters. The van der Waals surface area contributed by atoms with Gasteiger partial charge in [-0.2, -0.15) is 0 Å². The monoisotopic (exact) mass is 506 g/mol. The summed E-state index contributed by atoms with van der Waals surface area (Å²) >= 11 is 0. The van der Waals surface area contributed by atoms with Crippen LogP contribution in [0.2, 0.25) is 0 Å². The number of anilines is 1. The van der Waals surface area contributed by atoms with Gasteiger partial charge >= 0.3 is 8.40 Å². The van der Waals surface area contributed by atoms with Crippen LogP contribution in [0.1, 0.15) is 23.6 Å². The highest BCUT2D eigenvalue weighted by atomic mass is 28.3. The molecule has 184 valence electrons. The molecule has 0 bridgehead atoms. The van der Waals surface area contributed by atoms with Gasteiger partial charge in [0.15, 0.2) is 0 Å². The topological polar surface area (TPSA) is 15.6 Å². The van der Waals surface area contributed by atoms with Crippen molar-refractivity contribution in [2.75, 3.05) is 4.57 Å². The lowest BCUT2D eigenvalue weighted by atomic mass is 9.97. The number of aryl methyl sites for hydroxylation is 1. The minimum atomic E-state index is -2.99. The molecule has 2 nitrogen and oxygen atoms in total. The van der Waals surface area contributed by atoms with Crippen molar-refractivity contribution in [1.29, 1.82) is 0 Å². The Hall–Kier alpha value is -4.47. The van der Waals surface area contributed by atoms with Crippen LogP contribution < -0.4 is 14.9 Å².